The van der Waals surface area contributed by atoms with E-state index in [2.05, 4.69) is 46.0 Å². The van der Waals surface area contributed by atoms with Crippen molar-refractivity contribution in [3.05, 3.63) is 53.7 Å². The van der Waals surface area contributed by atoms with Crippen LogP contribution in [0.4, 0.5) is 5.82 Å². The van der Waals surface area contributed by atoms with E-state index >= 15 is 0 Å². The summed E-state index contributed by atoms with van der Waals surface area (Å²) in [5, 5.41) is 0. The first-order valence-electron chi connectivity index (χ1n) is 10.7. The van der Waals surface area contributed by atoms with Gasteiger partial charge in [-0.3, -0.25) is 4.90 Å². The first kappa shape index (κ1) is 22.7. The Kier molecular flexibility index (Phi) is 7.16. The fourth-order valence-corrected chi connectivity index (χ4v) is 5.97. The van der Waals surface area contributed by atoms with Crippen molar-refractivity contribution in [1.29, 1.82) is 0 Å². The summed E-state index contributed by atoms with van der Waals surface area (Å²) in [6.07, 6.45) is 1.50. The Morgan fingerprint density at radius 2 is 1.67 bits per heavy atom. The molecule has 0 amide bonds. The van der Waals surface area contributed by atoms with Crippen molar-refractivity contribution in [2.75, 3.05) is 31.1 Å². The van der Waals surface area contributed by atoms with Crippen molar-refractivity contribution in [2.45, 2.75) is 58.1 Å². The van der Waals surface area contributed by atoms with Gasteiger partial charge in [0.2, 0.25) is 10.0 Å². The number of hydrogen-bond acceptors (Lipinski definition) is 5. The summed E-state index contributed by atoms with van der Waals surface area (Å²) < 4.78 is 27.6. The minimum absolute atomic E-state index is 0.101. The summed E-state index contributed by atoms with van der Waals surface area (Å²) in [7, 11) is -3.55. The molecule has 0 saturated carbocycles. The van der Waals surface area contributed by atoms with Crippen LogP contribution in [0.25, 0.3) is 0 Å². The Morgan fingerprint density at radius 1 is 1.00 bits per heavy atom. The molecule has 0 radical (unpaired) electrons. The Morgan fingerprint density at radius 3 is 2.20 bits per heavy atom. The van der Waals surface area contributed by atoms with Gasteiger partial charge in [0.15, 0.2) is 0 Å². The standard InChI is InChI=1S/C23H34N4O2S/c1-18(2)27(19(3)4)30(28,29)22-9-10-23(24-16-22)26-13-11-25(12-14-26)17-21-8-6-7-20(5)15-21/h6-10,15-16,18-19H,11-14,17H2,1-5H3. The van der Waals surface area contributed by atoms with E-state index in [-0.39, 0.29) is 17.0 Å². The predicted molar refractivity (Wildman–Crippen MR) is 122 cm³/mol. The molecular formula is C23H34N4O2S. The lowest BCUT2D eigenvalue weighted by atomic mass is 10.1. The number of aromatic nitrogens is 1. The first-order chi connectivity index (χ1) is 14.2. The molecule has 1 aromatic heterocycles. The average molecular weight is 431 g/mol. The minimum Gasteiger partial charge on any atom is -0.354 e. The van der Waals surface area contributed by atoms with Crippen LogP contribution in [0, 0.1) is 6.92 Å². The van der Waals surface area contributed by atoms with E-state index in [1.165, 1.54) is 21.6 Å². The van der Waals surface area contributed by atoms with Crippen LogP contribution in [0.1, 0.15) is 38.8 Å². The lowest BCUT2D eigenvalue weighted by Gasteiger charge is -2.35. The lowest BCUT2D eigenvalue weighted by molar-refractivity contribution is 0.249. The maximum Gasteiger partial charge on any atom is 0.245 e. The average Bonchev–Trinajstić information content (AvgIpc) is 2.68. The molecule has 0 aliphatic carbocycles. The van der Waals surface area contributed by atoms with Crippen LogP contribution >= 0.6 is 0 Å². The van der Waals surface area contributed by atoms with Gasteiger partial charge in [-0.2, -0.15) is 4.31 Å². The molecular weight excluding hydrogens is 396 g/mol. The number of nitrogens with zero attached hydrogens (tertiary/aromatic N) is 4. The molecule has 0 bridgehead atoms. The van der Waals surface area contributed by atoms with E-state index in [1.807, 2.05) is 33.8 Å². The minimum atomic E-state index is -3.55. The summed E-state index contributed by atoms with van der Waals surface area (Å²) in [5.74, 6) is 0.838. The van der Waals surface area contributed by atoms with Crippen molar-refractivity contribution in [1.82, 2.24) is 14.2 Å². The zero-order valence-electron chi connectivity index (χ0n) is 18.7. The Bertz CT molecular complexity index is 926. The number of aryl methyl sites for hydroxylation is 1. The molecule has 6 nitrogen and oxygen atoms in total. The van der Waals surface area contributed by atoms with Crippen LogP contribution in [-0.4, -0.2) is 60.9 Å². The third-order valence-corrected chi connectivity index (χ3v) is 7.73. The lowest BCUT2D eigenvalue weighted by Crippen LogP contribution is -2.46. The Balaban J connectivity index is 1.63. The summed E-state index contributed by atoms with van der Waals surface area (Å²) in [5.41, 5.74) is 2.63. The molecule has 2 heterocycles. The normalized spacial score (nSPS) is 16.1. The van der Waals surface area contributed by atoms with Crippen LogP contribution in [0.3, 0.4) is 0 Å². The van der Waals surface area contributed by atoms with Crippen LogP contribution in [0.5, 0.6) is 0 Å². The summed E-state index contributed by atoms with van der Waals surface area (Å²) in [6, 6.07) is 12.0. The van der Waals surface area contributed by atoms with Gasteiger partial charge in [-0.25, -0.2) is 13.4 Å². The second kappa shape index (κ2) is 9.45. The highest BCUT2D eigenvalue weighted by atomic mass is 32.2. The third kappa shape index (κ3) is 5.20. The van der Waals surface area contributed by atoms with E-state index in [1.54, 1.807) is 6.07 Å². The number of benzene rings is 1. The molecule has 3 rings (SSSR count). The maximum atomic E-state index is 13.0. The molecule has 7 heteroatoms. The highest BCUT2D eigenvalue weighted by molar-refractivity contribution is 7.89. The van der Waals surface area contributed by atoms with E-state index in [0.29, 0.717) is 0 Å². The van der Waals surface area contributed by atoms with Gasteiger partial charge in [0, 0.05) is 51.0 Å². The van der Waals surface area contributed by atoms with Crippen LogP contribution < -0.4 is 4.90 Å². The van der Waals surface area contributed by atoms with Crippen molar-refractivity contribution >= 4 is 15.8 Å². The molecule has 2 aromatic rings. The van der Waals surface area contributed by atoms with Gasteiger partial charge < -0.3 is 4.90 Å². The molecule has 1 aliphatic heterocycles. The van der Waals surface area contributed by atoms with Gasteiger partial charge in [-0.1, -0.05) is 29.8 Å². The third-order valence-electron chi connectivity index (χ3n) is 5.50. The van der Waals surface area contributed by atoms with Gasteiger partial charge in [-0.15, -0.1) is 0 Å². The molecule has 0 unspecified atom stereocenters. The van der Waals surface area contributed by atoms with Gasteiger partial charge in [0.1, 0.15) is 10.7 Å². The zero-order chi connectivity index (χ0) is 21.9. The topological polar surface area (TPSA) is 56.8 Å². The SMILES string of the molecule is Cc1cccc(CN2CCN(c3ccc(S(=O)(=O)N(C(C)C)C(C)C)cn3)CC2)c1. The second-order valence-electron chi connectivity index (χ2n) is 8.63. The second-order valence-corrected chi connectivity index (χ2v) is 10.5. The van der Waals surface area contributed by atoms with E-state index in [9.17, 15) is 8.42 Å². The fraction of sp³-hybridized carbons (Fsp3) is 0.522. The van der Waals surface area contributed by atoms with E-state index in [0.717, 1.165) is 38.5 Å². The van der Waals surface area contributed by atoms with Crippen LogP contribution in [0.15, 0.2) is 47.5 Å². The van der Waals surface area contributed by atoms with Crippen molar-refractivity contribution in [3.8, 4) is 0 Å². The van der Waals surface area contributed by atoms with Crippen molar-refractivity contribution in [3.63, 3.8) is 0 Å². The Labute approximate surface area is 181 Å². The highest BCUT2D eigenvalue weighted by Crippen LogP contribution is 2.23. The smallest absolute Gasteiger partial charge is 0.245 e. The molecule has 0 N–H and O–H groups in total. The quantitative estimate of drug-likeness (QED) is 0.673. The number of rotatable bonds is 7. The first-order valence-corrected chi connectivity index (χ1v) is 12.1. The van der Waals surface area contributed by atoms with E-state index in [4.69, 9.17) is 0 Å². The largest absolute Gasteiger partial charge is 0.354 e. The number of sulfonamides is 1. The van der Waals surface area contributed by atoms with Gasteiger partial charge >= 0.3 is 0 Å². The maximum absolute atomic E-state index is 13.0. The molecule has 30 heavy (non-hydrogen) atoms. The molecule has 1 fully saturated rings. The number of anilines is 1. The van der Waals surface area contributed by atoms with Crippen molar-refractivity contribution < 1.29 is 8.42 Å². The number of hydrogen-bond donors (Lipinski definition) is 0. The molecule has 1 aliphatic rings. The fourth-order valence-electron chi connectivity index (χ4n) is 4.19. The summed E-state index contributed by atoms with van der Waals surface area (Å²) >= 11 is 0. The molecule has 0 spiro atoms. The van der Waals surface area contributed by atoms with Gasteiger partial charge in [-0.05, 0) is 52.3 Å². The van der Waals surface area contributed by atoms with E-state index < -0.39 is 10.0 Å². The van der Waals surface area contributed by atoms with Crippen LogP contribution in [-0.2, 0) is 16.6 Å². The molecule has 1 aromatic carbocycles. The Hall–Kier alpha value is -1.96. The molecule has 1 saturated heterocycles. The number of pyridine rings is 1. The highest BCUT2D eigenvalue weighted by Gasteiger charge is 2.30. The van der Waals surface area contributed by atoms with Gasteiger partial charge in [0.05, 0.1) is 0 Å². The summed E-state index contributed by atoms with van der Waals surface area (Å²) in [4.78, 5) is 9.43. The number of piperazine rings is 1. The van der Waals surface area contributed by atoms with Gasteiger partial charge in [0.25, 0.3) is 0 Å². The van der Waals surface area contributed by atoms with Crippen molar-refractivity contribution in [2.24, 2.45) is 0 Å². The summed E-state index contributed by atoms with van der Waals surface area (Å²) in [6.45, 7) is 14.4. The monoisotopic (exact) mass is 430 g/mol. The molecule has 164 valence electrons. The van der Waals surface area contributed by atoms with Crippen LogP contribution in [0.2, 0.25) is 0 Å². The zero-order valence-corrected chi connectivity index (χ0v) is 19.6. The predicted octanol–water partition coefficient (Wildman–Crippen LogP) is 3.52. The molecule has 0 atom stereocenters.